The van der Waals surface area contributed by atoms with Crippen molar-refractivity contribution in [3.63, 3.8) is 0 Å². The van der Waals surface area contributed by atoms with Gasteiger partial charge in [0.25, 0.3) is 0 Å². The molecule has 0 amide bonds. The van der Waals surface area contributed by atoms with Crippen LogP contribution in [0.25, 0.3) is 0 Å². The van der Waals surface area contributed by atoms with Crippen LogP contribution >= 0.6 is 0 Å². The summed E-state index contributed by atoms with van der Waals surface area (Å²) in [6.07, 6.45) is 5.07. The van der Waals surface area contributed by atoms with Crippen LogP contribution in [-0.2, 0) is 16.0 Å². The fourth-order valence-corrected chi connectivity index (χ4v) is 2.05. The predicted octanol–water partition coefficient (Wildman–Crippen LogP) is 2.06. The van der Waals surface area contributed by atoms with Crippen molar-refractivity contribution in [1.29, 1.82) is 0 Å². The first-order valence-corrected chi connectivity index (χ1v) is 6.82. The lowest BCUT2D eigenvalue weighted by atomic mass is 9.95. The standard InChI is InChI=1S/C16H22O5/c1-20-14-9-6-8-12(15(14)18)11-13(16(19)21-2)7-4-3-5-10-17/h3-4,6,8-9,13,17-18H,5,7,10-11H2,1-2H3/b4-3-. The van der Waals surface area contributed by atoms with Crippen molar-refractivity contribution in [3.05, 3.63) is 35.9 Å². The lowest BCUT2D eigenvalue weighted by molar-refractivity contribution is -0.145. The molecule has 1 rings (SSSR count). The van der Waals surface area contributed by atoms with E-state index in [1.165, 1.54) is 14.2 Å². The molecule has 0 aliphatic carbocycles. The normalized spacial score (nSPS) is 12.3. The number of hydrogen-bond donors (Lipinski definition) is 2. The quantitative estimate of drug-likeness (QED) is 0.567. The fourth-order valence-electron chi connectivity index (χ4n) is 2.05. The Morgan fingerprint density at radius 2 is 2.10 bits per heavy atom. The summed E-state index contributed by atoms with van der Waals surface area (Å²) in [5.74, 6) is -0.283. The van der Waals surface area contributed by atoms with Gasteiger partial charge in [-0.3, -0.25) is 4.79 Å². The molecule has 0 bridgehead atoms. The summed E-state index contributed by atoms with van der Waals surface area (Å²) in [6, 6.07) is 5.18. The second kappa shape index (κ2) is 9.02. The molecule has 0 spiro atoms. The van der Waals surface area contributed by atoms with E-state index in [1.54, 1.807) is 18.2 Å². The molecule has 2 N–H and O–H groups in total. The van der Waals surface area contributed by atoms with Crippen LogP contribution < -0.4 is 4.74 Å². The van der Waals surface area contributed by atoms with Crippen LogP contribution in [0.2, 0.25) is 0 Å². The number of allylic oxidation sites excluding steroid dienone is 1. The lowest BCUT2D eigenvalue weighted by Gasteiger charge is -2.15. The first-order valence-electron chi connectivity index (χ1n) is 6.82. The zero-order valence-corrected chi connectivity index (χ0v) is 12.4. The minimum atomic E-state index is -0.386. The van der Waals surface area contributed by atoms with E-state index in [9.17, 15) is 9.90 Å². The minimum absolute atomic E-state index is 0.0493. The van der Waals surface area contributed by atoms with E-state index in [0.29, 0.717) is 30.6 Å². The molecule has 0 saturated carbocycles. The van der Waals surface area contributed by atoms with Gasteiger partial charge < -0.3 is 19.7 Å². The first kappa shape index (κ1) is 17.0. The van der Waals surface area contributed by atoms with Crippen LogP contribution in [0.5, 0.6) is 11.5 Å². The molecule has 5 nitrogen and oxygen atoms in total. The zero-order valence-electron chi connectivity index (χ0n) is 12.4. The maximum absolute atomic E-state index is 11.8. The number of phenols is 1. The number of rotatable bonds is 8. The second-order valence-electron chi connectivity index (χ2n) is 4.61. The number of aliphatic hydroxyl groups is 1. The summed E-state index contributed by atoms with van der Waals surface area (Å²) in [6.45, 7) is 0.0794. The fraction of sp³-hybridized carbons (Fsp3) is 0.438. The van der Waals surface area contributed by atoms with Crippen molar-refractivity contribution in [2.75, 3.05) is 20.8 Å². The Balaban J connectivity index is 2.83. The van der Waals surface area contributed by atoms with Crippen molar-refractivity contribution in [1.82, 2.24) is 0 Å². The van der Waals surface area contributed by atoms with Gasteiger partial charge in [-0.1, -0.05) is 24.3 Å². The number of methoxy groups -OCH3 is 2. The number of esters is 1. The molecule has 0 radical (unpaired) electrons. The molecule has 5 heteroatoms. The van der Waals surface area contributed by atoms with Crippen molar-refractivity contribution in [2.45, 2.75) is 19.3 Å². The van der Waals surface area contributed by atoms with E-state index < -0.39 is 0 Å². The highest BCUT2D eigenvalue weighted by atomic mass is 16.5. The van der Waals surface area contributed by atoms with E-state index in [0.717, 1.165) is 0 Å². The van der Waals surface area contributed by atoms with Gasteiger partial charge >= 0.3 is 5.97 Å². The number of aromatic hydroxyl groups is 1. The Hall–Kier alpha value is -2.01. The van der Waals surface area contributed by atoms with E-state index in [2.05, 4.69) is 0 Å². The Morgan fingerprint density at radius 1 is 1.33 bits per heavy atom. The molecule has 1 unspecified atom stereocenters. The lowest BCUT2D eigenvalue weighted by Crippen LogP contribution is -2.18. The summed E-state index contributed by atoms with van der Waals surface area (Å²) in [5.41, 5.74) is 0.639. The van der Waals surface area contributed by atoms with Gasteiger partial charge in [-0.2, -0.15) is 0 Å². The molecule has 21 heavy (non-hydrogen) atoms. The van der Waals surface area contributed by atoms with Gasteiger partial charge in [0.1, 0.15) is 0 Å². The second-order valence-corrected chi connectivity index (χ2v) is 4.61. The van der Waals surface area contributed by atoms with E-state index >= 15 is 0 Å². The molecule has 0 aromatic heterocycles. The van der Waals surface area contributed by atoms with Crippen molar-refractivity contribution >= 4 is 5.97 Å². The van der Waals surface area contributed by atoms with Gasteiger partial charge in [0.2, 0.25) is 0 Å². The van der Waals surface area contributed by atoms with Crippen molar-refractivity contribution in [3.8, 4) is 11.5 Å². The Morgan fingerprint density at radius 3 is 2.71 bits per heavy atom. The van der Waals surface area contributed by atoms with Crippen LogP contribution in [0.3, 0.4) is 0 Å². The van der Waals surface area contributed by atoms with Crippen LogP contribution in [0, 0.1) is 5.92 Å². The SMILES string of the molecule is COC(=O)C(C/C=C\CCO)Cc1cccc(OC)c1O. The number of phenolic OH excluding ortho intramolecular Hbond substituents is 1. The van der Waals surface area contributed by atoms with Crippen molar-refractivity contribution in [2.24, 2.45) is 5.92 Å². The highest BCUT2D eigenvalue weighted by Crippen LogP contribution is 2.31. The Bertz CT molecular complexity index is 482. The highest BCUT2D eigenvalue weighted by Gasteiger charge is 2.20. The molecule has 0 fully saturated rings. The van der Waals surface area contributed by atoms with Gasteiger partial charge in [0.15, 0.2) is 11.5 Å². The number of para-hydroxylation sites is 1. The average Bonchev–Trinajstić information content (AvgIpc) is 2.51. The summed E-state index contributed by atoms with van der Waals surface area (Å²) < 4.78 is 9.86. The smallest absolute Gasteiger partial charge is 0.309 e. The third-order valence-corrected chi connectivity index (χ3v) is 3.19. The summed E-state index contributed by atoms with van der Waals surface area (Å²) in [4.78, 5) is 11.8. The molecule has 0 aliphatic heterocycles. The number of benzene rings is 1. The van der Waals surface area contributed by atoms with Gasteiger partial charge in [-0.25, -0.2) is 0 Å². The molecule has 1 aromatic carbocycles. The van der Waals surface area contributed by atoms with Gasteiger partial charge in [-0.15, -0.1) is 0 Å². The Kier molecular flexibility index (Phi) is 7.32. The maximum Gasteiger partial charge on any atom is 0.309 e. The number of aliphatic hydroxyl groups excluding tert-OH is 1. The molecular formula is C16H22O5. The van der Waals surface area contributed by atoms with Crippen LogP contribution in [0.1, 0.15) is 18.4 Å². The monoisotopic (exact) mass is 294 g/mol. The topological polar surface area (TPSA) is 76.0 Å². The summed E-state index contributed by atoms with van der Waals surface area (Å²) in [5, 5.41) is 18.8. The minimum Gasteiger partial charge on any atom is -0.504 e. The van der Waals surface area contributed by atoms with Crippen LogP contribution in [0.4, 0.5) is 0 Å². The maximum atomic E-state index is 11.8. The molecule has 0 heterocycles. The van der Waals surface area contributed by atoms with E-state index in [1.807, 2.05) is 12.2 Å². The van der Waals surface area contributed by atoms with Gasteiger partial charge in [0.05, 0.1) is 20.1 Å². The molecule has 0 aliphatic rings. The molecule has 1 aromatic rings. The predicted molar refractivity (Wildman–Crippen MR) is 79.3 cm³/mol. The summed E-state index contributed by atoms with van der Waals surface area (Å²) in [7, 11) is 2.83. The molecule has 116 valence electrons. The largest absolute Gasteiger partial charge is 0.504 e. The van der Waals surface area contributed by atoms with E-state index in [4.69, 9.17) is 14.6 Å². The van der Waals surface area contributed by atoms with Crippen LogP contribution in [-0.4, -0.2) is 37.0 Å². The first-order chi connectivity index (χ1) is 10.1. The molecule has 0 saturated heterocycles. The number of ether oxygens (including phenoxy) is 2. The number of carbonyl (C=O) groups excluding carboxylic acids is 1. The Labute approximate surface area is 124 Å². The molecule has 1 atom stereocenters. The highest BCUT2D eigenvalue weighted by molar-refractivity contribution is 5.73. The third-order valence-electron chi connectivity index (χ3n) is 3.19. The third kappa shape index (κ3) is 5.11. The molecular weight excluding hydrogens is 272 g/mol. The van der Waals surface area contributed by atoms with Gasteiger partial charge in [-0.05, 0) is 30.9 Å². The number of carbonyl (C=O) groups is 1. The van der Waals surface area contributed by atoms with Gasteiger partial charge in [0, 0.05) is 6.61 Å². The summed E-state index contributed by atoms with van der Waals surface area (Å²) >= 11 is 0. The van der Waals surface area contributed by atoms with E-state index in [-0.39, 0.29) is 24.2 Å². The number of hydrogen-bond acceptors (Lipinski definition) is 5. The van der Waals surface area contributed by atoms with Crippen molar-refractivity contribution < 1.29 is 24.5 Å². The zero-order chi connectivity index (χ0) is 15.7. The average molecular weight is 294 g/mol. The van der Waals surface area contributed by atoms with Crippen LogP contribution in [0.15, 0.2) is 30.4 Å².